The highest BCUT2D eigenvalue weighted by molar-refractivity contribution is 9.10. The number of pyridine rings is 1. The Balaban J connectivity index is 2.36. The number of anilines is 1. The number of nitrogens with zero attached hydrogens (tertiary/aromatic N) is 1. The van der Waals surface area contributed by atoms with E-state index in [0.29, 0.717) is 0 Å². The normalized spacial score (nSPS) is 11.3. The van der Waals surface area contributed by atoms with Gasteiger partial charge in [0.05, 0.1) is 10.0 Å². The van der Waals surface area contributed by atoms with Crippen LogP contribution in [0, 0.1) is 5.82 Å². The highest BCUT2D eigenvalue weighted by Crippen LogP contribution is 2.34. The molecule has 0 spiro atoms. The van der Waals surface area contributed by atoms with Crippen molar-refractivity contribution in [3.8, 4) is 11.6 Å². The number of hydrogen-bond acceptors (Lipinski definition) is 4. The number of alkyl halides is 3. The fourth-order valence-corrected chi connectivity index (χ4v) is 1.81. The van der Waals surface area contributed by atoms with E-state index >= 15 is 0 Å². The molecule has 0 fully saturated rings. The van der Waals surface area contributed by atoms with Crippen LogP contribution in [0.3, 0.4) is 0 Å². The Kier molecular flexibility index (Phi) is 4.33. The molecule has 1 aromatic heterocycles. The van der Waals surface area contributed by atoms with Gasteiger partial charge in [-0.1, -0.05) is 0 Å². The van der Waals surface area contributed by atoms with E-state index < -0.39 is 17.6 Å². The van der Waals surface area contributed by atoms with Gasteiger partial charge in [0.15, 0.2) is 0 Å². The maximum absolute atomic E-state index is 13.1. The van der Waals surface area contributed by atoms with Gasteiger partial charge in [0, 0.05) is 6.07 Å². The molecule has 4 nitrogen and oxygen atoms in total. The average molecular weight is 366 g/mol. The van der Waals surface area contributed by atoms with Crippen LogP contribution < -0.4 is 16.0 Å². The van der Waals surface area contributed by atoms with E-state index in [9.17, 15) is 17.6 Å². The zero-order valence-electron chi connectivity index (χ0n) is 10.2. The summed E-state index contributed by atoms with van der Waals surface area (Å²) in [5, 5.41) is 0. The number of aromatic nitrogens is 1. The molecule has 0 radical (unpaired) electrons. The number of hydrogen-bond donors (Lipinski definition) is 2. The molecular weight excluding hydrogens is 358 g/mol. The molecule has 112 valence electrons. The minimum Gasteiger partial charge on any atom is -0.439 e. The van der Waals surface area contributed by atoms with Crippen LogP contribution >= 0.6 is 15.9 Å². The lowest BCUT2D eigenvalue weighted by molar-refractivity contribution is -0.137. The molecule has 0 saturated carbocycles. The van der Waals surface area contributed by atoms with Gasteiger partial charge in [-0.15, -0.1) is 0 Å². The van der Waals surface area contributed by atoms with Crippen molar-refractivity contribution in [3.63, 3.8) is 0 Å². The van der Waals surface area contributed by atoms with Crippen LogP contribution in [-0.4, -0.2) is 4.98 Å². The summed E-state index contributed by atoms with van der Waals surface area (Å²) in [4.78, 5) is 3.75. The van der Waals surface area contributed by atoms with E-state index in [-0.39, 0.29) is 21.9 Å². The van der Waals surface area contributed by atoms with E-state index in [1.807, 2.05) is 5.43 Å². The van der Waals surface area contributed by atoms with E-state index in [4.69, 9.17) is 10.6 Å². The SMILES string of the molecule is NNc1cc(C(F)(F)F)cc(Oc2ccc(F)c(Br)c2)n1. The Bertz CT molecular complexity index is 663. The van der Waals surface area contributed by atoms with E-state index in [0.717, 1.165) is 18.2 Å². The molecule has 0 saturated heterocycles. The molecule has 0 atom stereocenters. The Morgan fingerprint density at radius 2 is 1.90 bits per heavy atom. The van der Waals surface area contributed by atoms with Crippen LogP contribution in [-0.2, 0) is 6.18 Å². The topological polar surface area (TPSA) is 60.2 Å². The Hall–Kier alpha value is -1.87. The maximum Gasteiger partial charge on any atom is 0.416 e. The number of ether oxygens (including phenoxy) is 1. The fraction of sp³-hybridized carbons (Fsp3) is 0.0833. The molecule has 21 heavy (non-hydrogen) atoms. The molecule has 1 aromatic carbocycles. The van der Waals surface area contributed by atoms with Crippen molar-refractivity contribution in [1.82, 2.24) is 4.98 Å². The molecule has 2 aromatic rings. The summed E-state index contributed by atoms with van der Waals surface area (Å²) in [5.41, 5.74) is 1.06. The van der Waals surface area contributed by atoms with Gasteiger partial charge in [0.25, 0.3) is 0 Å². The summed E-state index contributed by atoms with van der Waals surface area (Å²) >= 11 is 2.95. The number of benzene rings is 1. The second kappa shape index (κ2) is 5.86. The first-order valence-corrected chi connectivity index (χ1v) is 6.27. The minimum atomic E-state index is -4.57. The lowest BCUT2D eigenvalue weighted by Crippen LogP contribution is -2.12. The monoisotopic (exact) mass is 365 g/mol. The molecule has 0 aliphatic heterocycles. The van der Waals surface area contributed by atoms with Crippen LogP contribution in [0.1, 0.15) is 5.56 Å². The van der Waals surface area contributed by atoms with Crippen LogP contribution in [0.25, 0.3) is 0 Å². The third-order valence-electron chi connectivity index (χ3n) is 2.39. The molecule has 0 unspecified atom stereocenters. The molecule has 0 bridgehead atoms. The van der Waals surface area contributed by atoms with Crippen molar-refractivity contribution < 1.29 is 22.3 Å². The Labute approximate surface area is 125 Å². The average Bonchev–Trinajstić information content (AvgIpc) is 2.41. The molecule has 2 rings (SSSR count). The predicted octanol–water partition coefficient (Wildman–Crippen LogP) is 4.08. The molecule has 3 N–H and O–H groups in total. The van der Waals surface area contributed by atoms with Gasteiger partial charge in [-0.2, -0.15) is 18.2 Å². The highest BCUT2D eigenvalue weighted by Gasteiger charge is 2.32. The number of nitrogen functional groups attached to an aromatic ring is 1. The number of halogens is 5. The molecule has 1 heterocycles. The summed E-state index contributed by atoms with van der Waals surface area (Å²) in [7, 11) is 0. The van der Waals surface area contributed by atoms with Gasteiger partial charge in [0.2, 0.25) is 5.88 Å². The van der Waals surface area contributed by atoms with Crippen molar-refractivity contribution in [2.24, 2.45) is 5.84 Å². The van der Waals surface area contributed by atoms with Crippen molar-refractivity contribution in [3.05, 3.63) is 46.2 Å². The first kappa shape index (κ1) is 15.5. The highest BCUT2D eigenvalue weighted by atomic mass is 79.9. The second-order valence-corrected chi connectivity index (χ2v) is 4.75. The molecular formula is C12H8BrF4N3O. The van der Waals surface area contributed by atoms with Gasteiger partial charge in [0.1, 0.15) is 17.4 Å². The van der Waals surface area contributed by atoms with Gasteiger partial charge >= 0.3 is 6.18 Å². The third-order valence-corrected chi connectivity index (χ3v) is 3.00. The first-order chi connectivity index (χ1) is 9.79. The molecule has 0 aliphatic carbocycles. The fourth-order valence-electron chi connectivity index (χ4n) is 1.46. The summed E-state index contributed by atoms with van der Waals surface area (Å²) in [6.07, 6.45) is -4.57. The molecule has 0 amide bonds. The molecule has 9 heteroatoms. The summed E-state index contributed by atoms with van der Waals surface area (Å²) in [6, 6.07) is 5.10. The Morgan fingerprint density at radius 3 is 2.48 bits per heavy atom. The quantitative estimate of drug-likeness (QED) is 0.488. The van der Waals surface area contributed by atoms with Crippen LogP contribution in [0.15, 0.2) is 34.8 Å². The zero-order chi connectivity index (χ0) is 15.6. The summed E-state index contributed by atoms with van der Waals surface area (Å²) < 4.78 is 56.6. The van der Waals surface area contributed by atoms with E-state index in [2.05, 4.69) is 20.9 Å². The van der Waals surface area contributed by atoms with E-state index in [1.54, 1.807) is 0 Å². The number of hydrazine groups is 1. The van der Waals surface area contributed by atoms with Crippen LogP contribution in [0.2, 0.25) is 0 Å². The van der Waals surface area contributed by atoms with Gasteiger partial charge < -0.3 is 10.2 Å². The number of nitrogens with one attached hydrogen (secondary N) is 1. The standard InChI is InChI=1S/C12H8BrF4N3O/c13-8-5-7(1-2-9(8)14)21-11-4-6(12(15,16)17)3-10(19-11)20-18/h1-5H,18H2,(H,19,20). The summed E-state index contributed by atoms with van der Waals surface area (Å²) in [6.45, 7) is 0. The third kappa shape index (κ3) is 3.82. The molecule has 0 aliphatic rings. The van der Waals surface area contributed by atoms with Crippen molar-refractivity contribution in [2.75, 3.05) is 5.43 Å². The van der Waals surface area contributed by atoms with Crippen LogP contribution in [0.5, 0.6) is 11.6 Å². The first-order valence-electron chi connectivity index (χ1n) is 5.48. The largest absolute Gasteiger partial charge is 0.439 e. The summed E-state index contributed by atoms with van der Waals surface area (Å²) in [5.74, 6) is 4.14. The van der Waals surface area contributed by atoms with Gasteiger partial charge in [-0.25, -0.2) is 10.2 Å². The second-order valence-electron chi connectivity index (χ2n) is 3.90. The van der Waals surface area contributed by atoms with Crippen molar-refractivity contribution in [2.45, 2.75) is 6.18 Å². The van der Waals surface area contributed by atoms with Crippen molar-refractivity contribution >= 4 is 21.7 Å². The maximum atomic E-state index is 13.1. The Morgan fingerprint density at radius 1 is 1.19 bits per heavy atom. The van der Waals surface area contributed by atoms with Gasteiger partial charge in [-0.05, 0) is 40.2 Å². The van der Waals surface area contributed by atoms with Crippen molar-refractivity contribution in [1.29, 1.82) is 0 Å². The zero-order valence-corrected chi connectivity index (χ0v) is 11.8. The predicted molar refractivity (Wildman–Crippen MR) is 71.2 cm³/mol. The van der Waals surface area contributed by atoms with Crippen LogP contribution in [0.4, 0.5) is 23.4 Å². The lowest BCUT2D eigenvalue weighted by Gasteiger charge is -2.12. The number of rotatable bonds is 3. The van der Waals surface area contributed by atoms with Gasteiger partial charge in [-0.3, -0.25) is 0 Å². The number of nitrogens with two attached hydrogens (primary N) is 1. The van der Waals surface area contributed by atoms with E-state index in [1.165, 1.54) is 12.1 Å². The smallest absolute Gasteiger partial charge is 0.416 e. The minimum absolute atomic E-state index is 0.115. The lowest BCUT2D eigenvalue weighted by atomic mass is 10.2.